The van der Waals surface area contributed by atoms with Crippen molar-refractivity contribution in [1.82, 2.24) is 15.2 Å². The molecular formula is C26H26FN5O4. The van der Waals surface area contributed by atoms with E-state index in [4.69, 9.17) is 4.74 Å². The topological polar surface area (TPSA) is 104 Å². The number of ether oxygens (including phenoxy) is 1. The Bertz CT molecular complexity index is 1250. The number of amides is 3. The fourth-order valence-corrected chi connectivity index (χ4v) is 3.95. The highest BCUT2D eigenvalue weighted by Gasteiger charge is 2.24. The van der Waals surface area contributed by atoms with Crippen molar-refractivity contribution in [2.45, 2.75) is 0 Å². The fourth-order valence-electron chi connectivity index (χ4n) is 3.95. The van der Waals surface area contributed by atoms with Crippen LogP contribution < -0.4 is 20.3 Å². The Morgan fingerprint density at radius 1 is 0.972 bits per heavy atom. The summed E-state index contributed by atoms with van der Waals surface area (Å²) in [5.41, 5.74) is 2.08. The second-order valence-corrected chi connectivity index (χ2v) is 8.11. The van der Waals surface area contributed by atoms with Crippen molar-refractivity contribution >= 4 is 29.1 Å². The molecule has 0 radical (unpaired) electrons. The van der Waals surface area contributed by atoms with E-state index in [1.54, 1.807) is 35.5 Å². The molecule has 4 rings (SSSR count). The summed E-state index contributed by atoms with van der Waals surface area (Å²) >= 11 is 0. The average molecular weight is 492 g/mol. The Morgan fingerprint density at radius 3 is 2.39 bits per heavy atom. The van der Waals surface area contributed by atoms with Gasteiger partial charge in [0.25, 0.3) is 11.8 Å². The highest BCUT2D eigenvalue weighted by atomic mass is 19.1. The summed E-state index contributed by atoms with van der Waals surface area (Å²) in [7, 11) is 1.34. The number of halogens is 1. The number of carbonyl (C=O) groups is 3. The maximum absolute atomic E-state index is 13.9. The summed E-state index contributed by atoms with van der Waals surface area (Å²) in [5, 5.41) is 5.42. The largest absolute Gasteiger partial charge is 0.494 e. The Hall–Kier alpha value is -4.47. The lowest BCUT2D eigenvalue weighted by Crippen LogP contribution is -2.51. The van der Waals surface area contributed by atoms with Gasteiger partial charge in [0.05, 0.1) is 19.2 Å². The van der Waals surface area contributed by atoms with Gasteiger partial charge in [0.1, 0.15) is 0 Å². The number of methoxy groups -OCH3 is 1. The molecule has 0 atom stereocenters. The normalized spacial score (nSPS) is 13.2. The van der Waals surface area contributed by atoms with E-state index in [1.807, 2.05) is 18.2 Å². The Labute approximate surface area is 207 Å². The minimum absolute atomic E-state index is 0.0388. The zero-order valence-corrected chi connectivity index (χ0v) is 19.7. The summed E-state index contributed by atoms with van der Waals surface area (Å²) < 4.78 is 18.7. The highest BCUT2D eigenvalue weighted by molar-refractivity contribution is 6.08. The van der Waals surface area contributed by atoms with Crippen molar-refractivity contribution in [3.63, 3.8) is 0 Å². The number of hydrogen-bond donors (Lipinski definition) is 2. The minimum Gasteiger partial charge on any atom is -0.494 e. The van der Waals surface area contributed by atoms with Gasteiger partial charge in [-0.25, -0.2) is 4.39 Å². The number of aromatic nitrogens is 1. The van der Waals surface area contributed by atoms with Gasteiger partial charge in [0.15, 0.2) is 11.6 Å². The van der Waals surface area contributed by atoms with Gasteiger partial charge in [-0.1, -0.05) is 12.1 Å². The lowest BCUT2D eigenvalue weighted by Gasteiger charge is -2.37. The van der Waals surface area contributed by atoms with Crippen LogP contribution in [0.15, 0.2) is 67.0 Å². The molecule has 3 amide bonds. The molecule has 0 aliphatic carbocycles. The molecule has 1 aromatic heterocycles. The van der Waals surface area contributed by atoms with Gasteiger partial charge in [-0.05, 0) is 42.5 Å². The number of carbonyl (C=O) groups excluding carboxylic acids is 3. The lowest BCUT2D eigenvalue weighted by molar-refractivity contribution is -0.130. The van der Waals surface area contributed by atoms with Crippen LogP contribution in [0.5, 0.6) is 5.75 Å². The van der Waals surface area contributed by atoms with Crippen LogP contribution >= 0.6 is 0 Å². The van der Waals surface area contributed by atoms with E-state index >= 15 is 0 Å². The van der Waals surface area contributed by atoms with E-state index in [1.165, 1.54) is 19.2 Å². The number of nitrogens with one attached hydrogen (secondary N) is 2. The van der Waals surface area contributed by atoms with Crippen molar-refractivity contribution in [1.29, 1.82) is 0 Å². The Balaban J connectivity index is 1.31. The first-order valence-electron chi connectivity index (χ1n) is 11.4. The number of anilines is 2. The molecule has 0 spiro atoms. The van der Waals surface area contributed by atoms with Crippen molar-refractivity contribution in [2.75, 3.05) is 50.1 Å². The monoisotopic (exact) mass is 491 g/mol. The first kappa shape index (κ1) is 24.6. The SMILES string of the molecule is COc1ccc(C(=O)NCC(=O)N2CCN(c3ccccc3C(=O)Nc3ccncc3)CC2)cc1F. The van der Waals surface area contributed by atoms with Crippen LogP contribution in [0.1, 0.15) is 20.7 Å². The van der Waals surface area contributed by atoms with Gasteiger partial charge >= 0.3 is 0 Å². The van der Waals surface area contributed by atoms with Crippen molar-refractivity contribution < 1.29 is 23.5 Å². The Kier molecular flexibility index (Phi) is 7.74. The standard InChI is InChI=1S/C26H26FN5O4/c1-36-23-7-6-18(16-21(23)27)25(34)29-17-24(33)32-14-12-31(13-15-32)22-5-3-2-4-20(22)26(35)30-19-8-10-28-11-9-19/h2-11,16H,12-15,17H2,1H3,(H,29,34)(H,28,30,35). The smallest absolute Gasteiger partial charge is 0.257 e. The van der Waals surface area contributed by atoms with Crippen LogP contribution in [-0.2, 0) is 4.79 Å². The molecule has 186 valence electrons. The lowest BCUT2D eigenvalue weighted by atomic mass is 10.1. The zero-order valence-electron chi connectivity index (χ0n) is 19.7. The maximum atomic E-state index is 13.9. The maximum Gasteiger partial charge on any atom is 0.257 e. The average Bonchev–Trinajstić information content (AvgIpc) is 2.92. The molecule has 36 heavy (non-hydrogen) atoms. The third-order valence-electron chi connectivity index (χ3n) is 5.87. The zero-order chi connectivity index (χ0) is 25.5. The predicted molar refractivity (Wildman–Crippen MR) is 133 cm³/mol. The summed E-state index contributed by atoms with van der Waals surface area (Å²) in [6.45, 7) is 1.74. The summed E-state index contributed by atoms with van der Waals surface area (Å²) in [6, 6.07) is 14.6. The molecule has 0 unspecified atom stereocenters. The van der Waals surface area contributed by atoms with Gasteiger partial charge < -0.3 is 25.2 Å². The highest BCUT2D eigenvalue weighted by Crippen LogP contribution is 2.23. The second kappa shape index (κ2) is 11.3. The van der Waals surface area contributed by atoms with E-state index in [2.05, 4.69) is 20.5 Å². The van der Waals surface area contributed by atoms with Crippen LogP contribution in [0.25, 0.3) is 0 Å². The first-order chi connectivity index (χ1) is 17.5. The van der Waals surface area contributed by atoms with Crippen molar-refractivity contribution in [3.05, 3.63) is 83.9 Å². The Morgan fingerprint density at radius 2 is 1.69 bits per heavy atom. The molecule has 0 saturated carbocycles. The van der Waals surface area contributed by atoms with Crippen molar-refractivity contribution in [3.8, 4) is 5.75 Å². The molecule has 9 nitrogen and oxygen atoms in total. The molecule has 0 bridgehead atoms. The number of nitrogens with zero attached hydrogens (tertiary/aromatic N) is 3. The predicted octanol–water partition coefficient (Wildman–Crippen LogP) is 2.56. The van der Waals surface area contributed by atoms with E-state index in [0.717, 1.165) is 11.8 Å². The van der Waals surface area contributed by atoms with Gasteiger partial charge in [-0.15, -0.1) is 0 Å². The van der Waals surface area contributed by atoms with Crippen LogP contribution in [0.4, 0.5) is 15.8 Å². The number of rotatable bonds is 7. The summed E-state index contributed by atoms with van der Waals surface area (Å²) in [6.07, 6.45) is 3.21. The van der Waals surface area contributed by atoms with E-state index < -0.39 is 11.7 Å². The molecular weight excluding hydrogens is 465 g/mol. The number of para-hydroxylation sites is 1. The van der Waals surface area contributed by atoms with Crippen LogP contribution in [0.2, 0.25) is 0 Å². The van der Waals surface area contributed by atoms with E-state index in [-0.39, 0.29) is 29.7 Å². The molecule has 2 aromatic carbocycles. The van der Waals surface area contributed by atoms with Gasteiger partial charge in [0, 0.05) is 55.5 Å². The summed E-state index contributed by atoms with van der Waals surface area (Å²) in [5.74, 6) is -1.62. The van der Waals surface area contributed by atoms with E-state index in [9.17, 15) is 18.8 Å². The minimum atomic E-state index is -0.651. The van der Waals surface area contributed by atoms with Crippen LogP contribution in [0.3, 0.4) is 0 Å². The van der Waals surface area contributed by atoms with Crippen molar-refractivity contribution in [2.24, 2.45) is 0 Å². The van der Waals surface area contributed by atoms with Crippen LogP contribution in [-0.4, -0.2) is 67.4 Å². The molecule has 1 aliphatic heterocycles. The quantitative estimate of drug-likeness (QED) is 0.527. The van der Waals surface area contributed by atoms with E-state index in [0.29, 0.717) is 37.4 Å². The fraction of sp³-hybridized carbons (Fsp3) is 0.231. The molecule has 2 N–H and O–H groups in total. The van der Waals surface area contributed by atoms with Crippen LogP contribution in [0, 0.1) is 5.82 Å². The van der Waals surface area contributed by atoms with Gasteiger partial charge in [-0.2, -0.15) is 0 Å². The molecule has 1 fully saturated rings. The second-order valence-electron chi connectivity index (χ2n) is 8.11. The molecule has 1 aliphatic rings. The first-order valence-corrected chi connectivity index (χ1v) is 11.4. The third kappa shape index (κ3) is 5.77. The molecule has 1 saturated heterocycles. The van der Waals surface area contributed by atoms with Gasteiger partial charge in [-0.3, -0.25) is 19.4 Å². The molecule has 2 heterocycles. The molecule has 10 heteroatoms. The molecule has 3 aromatic rings. The number of pyridine rings is 1. The third-order valence-corrected chi connectivity index (χ3v) is 5.87. The number of piperazine rings is 1. The summed E-state index contributed by atoms with van der Waals surface area (Å²) in [4.78, 5) is 45.5. The number of benzene rings is 2. The number of hydrogen-bond acceptors (Lipinski definition) is 6. The van der Waals surface area contributed by atoms with Gasteiger partial charge in [0.2, 0.25) is 5.91 Å².